The third-order valence-electron chi connectivity index (χ3n) is 2.08. The van der Waals surface area contributed by atoms with Crippen molar-refractivity contribution in [1.82, 2.24) is 0 Å². The maximum Gasteiger partial charge on any atom is 0.236 e. The predicted octanol–water partition coefficient (Wildman–Crippen LogP) is 0.520. The van der Waals surface area contributed by atoms with Crippen LogP contribution in [0, 0.1) is 11.6 Å². The van der Waals surface area contributed by atoms with Gasteiger partial charge in [0, 0.05) is 12.6 Å². The van der Waals surface area contributed by atoms with Gasteiger partial charge in [0.25, 0.3) is 0 Å². The highest BCUT2D eigenvalue weighted by Gasteiger charge is 2.17. The van der Waals surface area contributed by atoms with Crippen LogP contribution in [0.2, 0.25) is 0 Å². The van der Waals surface area contributed by atoms with E-state index in [4.69, 9.17) is 11.5 Å². The number of halogens is 2. The molecular weight excluding hydrogens is 248 g/mol. The molecule has 0 aliphatic rings. The molecule has 0 aromatic heterocycles. The van der Waals surface area contributed by atoms with Crippen molar-refractivity contribution in [2.45, 2.75) is 0 Å². The van der Waals surface area contributed by atoms with Crippen LogP contribution in [0.3, 0.4) is 0 Å². The Morgan fingerprint density at radius 3 is 2.18 bits per heavy atom. The topological polar surface area (TPSA) is 72.3 Å². The Morgan fingerprint density at radius 2 is 1.82 bits per heavy atom. The van der Waals surface area contributed by atoms with Crippen molar-refractivity contribution >= 4 is 28.8 Å². The van der Waals surface area contributed by atoms with Crippen LogP contribution in [-0.4, -0.2) is 24.5 Å². The van der Waals surface area contributed by atoms with Crippen LogP contribution < -0.4 is 16.4 Å². The molecule has 7 heteroatoms. The first-order chi connectivity index (χ1) is 7.82. The van der Waals surface area contributed by atoms with Gasteiger partial charge in [-0.15, -0.1) is 0 Å². The van der Waals surface area contributed by atoms with Gasteiger partial charge in [-0.25, -0.2) is 8.78 Å². The number of rotatable bonds is 4. The quantitative estimate of drug-likeness (QED) is 0.773. The minimum Gasteiger partial charge on any atom is -0.389 e. The molecule has 0 unspecified atom stereocenters. The van der Waals surface area contributed by atoms with Gasteiger partial charge in [0.2, 0.25) is 5.91 Å². The molecule has 0 fully saturated rings. The zero-order valence-electron chi connectivity index (χ0n) is 9.04. The number of carbonyl (C=O) groups is 1. The fourth-order valence-corrected chi connectivity index (χ4v) is 1.50. The number of nitrogens with zero attached hydrogens (tertiary/aromatic N) is 1. The van der Waals surface area contributed by atoms with Crippen molar-refractivity contribution in [1.29, 1.82) is 0 Å². The minimum absolute atomic E-state index is 0.0891. The first kappa shape index (κ1) is 13.3. The van der Waals surface area contributed by atoms with Crippen molar-refractivity contribution < 1.29 is 13.6 Å². The fraction of sp³-hybridized carbons (Fsp3) is 0.200. The number of hydrogen-bond acceptors (Lipinski definition) is 3. The molecule has 92 valence electrons. The summed E-state index contributed by atoms with van der Waals surface area (Å²) in [5.74, 6) is -2.39. The van der Waals surface area contributed by atoms with Crippen molar-refractivity contribution in [3.8, 4) is 0 Å². The molecule has 1 rings (SSSR count). The normalized spacial score (nSPS) is 10.1. The Hall–Kier alpha value is -1.76. The van der Waals surface area contributed by atoms with E-state index in [-0.39, 0.29) is 22.8 Å². The zero-order valence-corrected chi connectivity index (χ0v) is 9.85. The lowest BCUT2D eigenvalue weighted by atomic mass is 10.1. The summed E-state index contributed by atoms with van der Waals surface area (Å²) in [6.07, 6.45) is 0. The van der Waals surface area contributed by atoms with Crippen molar-refractivity contribution in [2.75, 3.05) is 18.5 Å². The van der Waals surface area contributed by atoms with Crippen LogP contribution in [-0.2, 0) is 4.79 Å². The second-order valence-electron chi connectivity index (χ2n) is 3.48. The second kappa shape index (κ2) is 5.05. The molecule has 4 N–H and O–H groups in total. The Balaban J connectivity index is 3.17. The third kappa shape index (κ3) is 3.10. The van der Waals surface area contributed by atoms with Gasteiger partial charge in [0.15, 0.2) is 0 Å². The number of benzene rings is 1. The first-order valence-electron chi connectivity index (χ1n) is 4.61. The molecule has 17 heavy (non-hydrogen) atoms. The molecule has 0 saturated carbocycles. The average Bonchev–Trinajstić information content (AvgIpc) is 2.14. The van der Waals surface area contributed by atoms with E-state index in [1.54, 1.807) is 0 Å². The predicted molar refractivity (Wildman–Crippen MR) is 64.7 cm³/mol. The van der Waals surface area contributed by atoms with Crippen LogP contribution >= 0.6 is 12.2 Å². The Labute approximate surface area is 102 Å². The molecule has 0 aliphatic heterocycles. The molecule has 0 saturated heterocycles. The Bertz CT molecular complexity index is 456. The van der Waals surface area contributed by atoms with Gasteiger partial charge >= 0.3 is 0 Å². The standard InChI is InChI=1S/C10H11F2N3OS/c1-15(4-8(13)16)9-6(11)2-5(10(14)17)3-7(9)12/h2-3H,4H2,1H3,(H2,13,16)(H2,14,17). The van der Waals surface area contributed by atoms with Gasteiger partial charge in [0.05, 0.1) is 6.54 Å². The molecule has 0 bridgehead atoms. The molecule has 0 aliphatic carbocycles. The molecule has 0 spiro atoms. The lowest BCUT2D eigenvalue weighted by Crippen LogP contribution is -2.31. The number of carbonyl (C=O) groups excluding carboxylic acids is 1. The summed E-state index contributed by atoms with van der Waals surface area (Å²) >= 11 is 4.62. The van der Waals surface area contributed by atoms with Crippen molar-refractivity contribution in [3.05, 3.63) is 29.3 Å². The van der Waals surface area contributed by atoms with E-state index in [2.05, 4.69) is 12.2 Å². The van der Waals surface area contributed by atoms with E-state index in [0.29, 0.717) is 0 Å². The largest absolute Gasteiger partial charge is 0.389 e. The molecule has 4 nitrogen and oxygen atoms in total. The Kier molecular flexibility index (Phi) is 3.95. The second-order valence-corrected chi connectivity index (χ2v) is 3.91. The van der Waals surface area contributed by atoms with E-state index in [9.17, 15) is 13.6 Å². The summed E-state index contributed by atoms with van der Waals surface area (Å²) < 4.78 is 27.2. The van der Waals surface area contributed by atoms with Crippen LogP contribution in [0.15, 0.2) is 12.1 Å². The van der Waals surface area contributed by atoms with Gasteiger partial charge < -0.3 is 16.4 Å². The maximum absolute atomic E-state index is 13.6. The van der Waals surface area contributed by atoms with Crippen molar-refractivity contribution in [3.63, 3.8) is 0 Å². The lowest BCUT2D eigenvalue weighted by Gasteiger charge is -2.19. The molecular formula is C10H11F2N3OS. The smallest absolute Gasteiger partial charge is 0.236 e. The van der Waals surface area contributed by atoms with Gasteiger partial charge in [0.1, 0.15) is 22.3 Å². The SMILES string of the molecule is CN(CC(N)=O)c1c(F)cc(C(N)=S)cc1F. The summed E-state index contributed by atoms with van der Waals surface area (Å²) in [6.45, 7) is -0.291. The highest BCUT2D eigenvalue weighted by atomic mass is 32.1. The van der Waals surface area contributed by atoms with Crippen LogP contribution in [0.5, 0.6) is 0 Å². The molecule has 1 aromatic carbocycles. The number of amides is 1. The highest BCUT2D eigenvalue weighted by molar-refractivity contribution is 7.80. The van der Waals surface area contributed by atoms with Crippen molar-refractivity contribution in [2.24, 2.45) is 11.5 Å². The number of thiocarbonyl (C=S) groups is 1. The number of hydrogen-bond donors (Lipinski definition) is 2. The van der Waals surface area contributed by atoms with Crippen LogP contribution in [0.25, 0.3) is 0 Å². The number of likely N-dealkylation sites (N-methyl/N-ethyl adjacent to an activating group) is 1. The molecule has 1 aromatic rings. The molecule has 0 radical (unpaired) electrons. The van der Waals surface area contributed by atoms with Gasteiger partial charge in [-0.2, -0.15) is 0 Å². The summed E-state index contributed by atoms with van der Waals surface area (Å²) in [4.78, 5) is 11.7. The van der Waals surface area contributed by atoms with E-state index in [0.717, 1.165) is 17.0 Å². The van der Waals surface area contributed by atoms with Gasteiger partial charge in [-0.05, 0) is 12.1 Å². The van der Waals surface area contributed by atoms with E-state index < -0.39 is 17.5 Å². The average molecular weight is 259 g/mol. The van der Waals surface area contributed by atoms with E-state index >= 15 is 0 Å². The summed E-state index contributed by atoms with van der Waals surface area (Å²) in [7, 11) is 1.35. The van der Waals surface area contributed by atoms with Crippen LogP contribution in [0.4, 0.5) is 14.5 Å². The monoisotopic (exact) mass is 259 g/mol. The molecule has 1 amide bonds. The lowest BCUT2D eigenvalue weighted by molar-refractivity contribution is -0.116. The first-order valence-corrected chi connectivity index (χ1v) is 5.02. The molecule has 0 atom stereocenters. The number of anilines is 1. The number of primary amides is 1. The summed E-state index contributed by atoms with van der Waals surface area (Å²) in [5, 5.41) is 0. The minimum atomic E-state index is -0.850. The third-order valence-corrected chi connectivity index (χ3v) is 2.31. The maximum atomic E-state index is 13.6. The van der Waals surface area contributed by atoms with E-state index in [1.807, 2.05) is 0 Å². The Morgan fingerprint density at radius 1 is 1.35 bits per heavy atom. The number of nitrogens with two attached hydrogens (primary N) is 2. The highest BCUT2D eigenvalue weighted by Crippen LogP contribution is 2.23. The fourth-order valence-electron chi connectivity index (χ4n) is 1.39. The summed E-state index contributed by atoms with van der Waals surface area (Å²) in [5.41, 5.74) is 9.96. The van der Waals surface area contributed by atoms with Gasteiger partial charge in [-0.1, -0.05) is 12.2 Å². The van der Waals surface area contributed by atoms with Crippen LogP contribution in [0.1, 0.15) is 5.56 Å². The summed E-state index contributed by atoms with van der Waals surface area (Å²) in [6, 6.07) is 2.02. The van der Waals surface area contributed by atoms with Gasteiger partial charge in [-0.3, -0.25) is 4.79 Å². The molecule has 0 heterocycles. The van der Waals surface area contributed by atoms with E-state index in [1.165, 1.54) is 7.05 Å². The zero-order chi connectivity index (χ0) is 13.2.